The topological polar surface area (TPSA) is 50.4 Å². The Labute approximate surface area is 127 Å². The van der Waals surface area contributed by atoms with Crippen molar-refractivity contribution < 1.29 is 9.53 Å². The molecule has 0 aromatic heterocycles. The number of rotatable bonds is 9. The quantitative estimate of drug-likeness (QED) is 0.681. The van der Waals surface area contributed by atoms with Crippen molar-refractivity contribution in [1.82, 2.24) is 10.6 Å². The Morgan fingerprint density at radius 1 is 1.24 bits per heavy atom. The molecule has 116 valence electrons. The van der Waals surface area contributed by atoms with E-state index in [1.165, 1.54) is 5.56 Å². The van der Waals surface area contributed by atoms with Crippen molar-refractivity contribution in [3.8, 4) is 0 Å². The number of hydrogen-bond acceptors (Lipinski definition) is 3. The minimum absolute atomic E-state index is 0.173. The zero-order valence-corrected chi connectivity index (χ0v) is 12.6. The predicted molar refractivity (Wildman–Crippen MR) is 84.2 cm³/mol. The maximum absolute atomic E-state index is 11.8. The molecule has 1 aliphatic heterocycles. The lowest BCUT2D eigenvalue weighted by Crippen LogP contribution is -2.32. The summed E-state index contributed by atoms with van der Waals surface area (Å²) in [7, 11) is 0. The molecule has 0 saturated carbocycles. The lowest BCUT2D eigenvalue weighted by molar-refractivity contribution is -0.124. The predicted octanol–water partition coefficient (Wildman–Crippen LogP) is 1.75. The number of carbonyl (C=O) groups is 1. The van der Waals surface area contributed by atoms with Crippen LogP contribution < -0.4 is 10.6 Å². The molecule has 2 rings (SSSR count). The van der Waals surface area contributed by atoms with Crippen molar-refractivity contribution in [3.05, 3.63) is 35.9 Å². The van der Waals surface area contributed by atoms with Gasteiger partial charge in [-0.25, -0.2) is 0 Å². The van der Waals surface area contributed by atoms with E-state index in [2.05, 4.69) is 34.9 Å². The highest BCUT2D eigenvalue weighted by Crippen LogP contribution is 2.06. The molecule has 1 amide bonds. The number of carbonyl (C=O) groups excluding carboxylic acids is 1. The van der Waals surface area contributed by atoms with Crippen LogP contribution in [0.4, 0.5) is 0 Å². The molecular weight excluding hydrogens is 264 g/mol. The second kappa shape index (κ2) is 9.53. The highest BCUT2D eigenvalue weighted by Gasteiger charge is 2.21. The molecule has 1 aliphatic rings. The fourth-order valence-electron chi connectivity index (χ4n) is 2.50. The first-order valence-electron chi connectivity index (χ1n) is 7.96. The standard InChI is InChI=1S/C17H26N2O2/c20-17(16-8-11-18-14-16)19-10-4-5-12-21-13-9-15-6-2-1-3-7-15/h1-3,6-7,16,18H,4-5,8-14H2,(H,19,20). The molecule has 1 aromatic carbocycles. The number of benzene rings is 1. The SMILES string of the molecule is O=C(NCCCCOCCc1ccccc1)C1CCNC1. The Hall–Kier alpha value is -1.39. The van der Waals surface area contributed by atoms with E-state index in [1.54, 1.807) is 0 Å². The van der Waals surface area contributed by atoms with Crippen LogP contribution in [0.25, 0.3) is 0 Å². The first-order chi connectivity index (χ1) is 10.4. The molecule has 0 aliphatic carbocycles. The average molecular weight is 290 g/mol. The van der Waals surface area contributed by atoms with Gasteiger partial charge in [-0.05, 0) is 37.8 Å². The first kappa shape index (κ1) is 16.0. The van der Waals surface area contributed by atoms with Crippen molar-refractivity contribution >= 4 is 5.91 Å². The summed E-state index contributed by atoms with van der Waals surface area (Å²) in [6.07, 6.45) is 3.91. The number of hydrogen-bond donors (Lipinski definition) is 2. The second-order valence-corrected chi connectivity index (χ2v) is 5.54. The third kappa shape index (κ3) is 6.27. The largest absolute Gasteiger partial charge is 0.381 e. The van der Waals surface area contributed by atoms with E-state index in [1.807, 2.05) is 6.07 Å². The molecule has 4 nitrogen and oxygen atoms in total. The number of nitrogens with one attached hydrogen (secondary N) is 2. The van der Waals surface area contributed by atoms with Crippen LogP contribution in [0, 0.1) is 5.92 Å². The zero-order valence-electron chi connectivity index (χ0n) is 12.6. The molecule has 1 unspecified atom stereocenters. The fourth-order valence-corrected chi connectivity index (χ4v) is 2.50. The molecule has 1 heterocycles. The average Bonchev–Trinajstić information content (AvgIpc) is 3.05. The normalized spacial score (nSPS) is 17.8. The van der Waals surface area contributed by atoms with Gasteiger partial charge in [0, 0.05) is 19.7 Å². The Morgan fingerprint density at radius 2 is 2.10 bits per heavy atom. The van der Waals surface area contributed by atoms with E-state index in [0.29, 0.717) is 0 Å². The third-order valence-corrected chi connectivity index (χ3v) is 3.82. The van der Waals surface area contributed by atoms with E-state index in [9.17, 15) is 4.79 Å². The Kier molecular flexibility index (Phi) is 7.25. The zero-order chi connectivity index (χ0) is 14.8. The van der Waals surface area contributed by atoms with Crippen LogP contribution >= 0.6 is 0 Å². The third-order valence-electron chi connectivity index (χ3n) is 3.82. The summed E-state index contributed by atoms with van der Waals surface area (Å²) in [5.74, 6) is 0.372. The van der Waals surface area contributed by atoms with Gasteiger partial charge in [0.1, 0.15) is 0 Å². The molecule has 1 fully saturated rings. The second-order valence-electron chi connectivity index (χ2n) is 5.54. The van der Waals surface area contributed by atoms with Crippen LogP contribution in [-0.2, 0) is 16.0 Å². The van der Waals surface area contributed by atoms with Gasteiger partial charge < -0.3 is 15.4 Å². The molecular formula is C17H26N2O2. The van der Waals surface area contributed by atoms with Gasteiger partial charge in [-0.3, -0.25) is 4.79 Å². The minimum Gasteiger partial charge on any atom is -0.381 e. The molecule has 1 atom stereocenters. The molecule has 0 bridgehead atoms. The number of ether oxygens (including phenoxy) is 1. The Bertz CT molecular complexity index is 403. The van der Waals surface area contributed by atoms with Crippen LogP contribution in [-0.4, -0.2) is 38.8 Å². The highest BCUT2D eigenvalue weighted by atomic mass is 16.5. The Balaban J connectivity index is 1.41. The lowest BCUT2D eigenvalue weighted by atomic mass is 10.1. The van der Waals surface area contributed by atoms with E-state index in [4.69, 9.17) is 4.74 Å². The van der Waals surface area contributed by atoms with Gasteiger partial charge in [0.25, 0.3) is 0 Å². The smallest absolute Gasteiger partial charge is 0.224 e. The van der Waals surface area contributed by atoms with Gasteiger partial charge in [0.2, 0.25) is 5.91 Å². The van der Waals surface area contributed by atoms with E-state index < -0.39 is 0 Å². The molecule has 1 aromatic rings. The van der Waals surface area contributed by atoms with Gasteiger partial charge in [-0.15, -0.1) is 0 Å². The summed E-state index contributed by atoms with van der Waals surface area (Å²) < 4.78 is 5.62. The van der Waals surface area contributed by atoms with Crippen LogP contribution in [0.3, 0.4) is 0 Å². The van der Waals surface area contributed by atoms with Crippen LogP contribution in [0.15, 0.2) is 30.3 Å². The summed E-state index contributed by atoms with van der Waals surface area (Å²) in [4.78, 5) is 11.8. The summed E-state index contributed by atoms with van der Waals surface area (Å²) in [6, 6.07) is 10.4. The van der Waals surface area contributed by atoms with Gasteiger partial charge >= 0.3 is 0 Å². The summed E-state index contributed by atoms with van der Waals surface area (Å²) in [6.45, 7) is 4.09. The molecule has 0 spiro atoms. The van der Waals surface area contributed by atoms with E-state index in [-0.39, 0.29) is 11.8 Å². The number of amides is 1. The van der Waals surface area contributed by atoms with Crippen molar-refractivity contribution in [2.75, 3.05) is 32.8 Å². The van der Waals surface area contributed by atoms with Gasteiger partial charge in [-0.1, -0.05) is 30.3 Å². The molecule has 0 radical (unpaired) electrons. The minimum atomic E-state index is 0.173. The maximum atomic E-state index is 11.8. The van der Waals surface area contributed by atoms with Crippen molar-refractivity contribution in [1.29, 1.82) is 0 Å². The lowest BCUT2D eigenvalue weighted by Gasteiger charge is -2.09. The molecule has 1 saturated heterocycles. The summed E-state index contributed by atoms with van der Waals surface area (Å²) in [5, 5.41) is 6.22. The van der Waals surface area contributed by atoms with Gasteiger partial charge in [0.15, 0.2) is 0 Å². The maximum Gasteiger partial charge on any atom is 0.224 e. The summed E-state index contributed by atoms with van der Waals surface area (Å²) in [5.41, 5.74) is 1.31. The summed E-state index contributed by atoms with van der Waals surface area (Å²) >= 11 is 0. The van der Waals surface area contributed by atoms with Gasteiger partial charge in [-0.2, -0.15) is 0 Å². The Morgan fingerprint density at radius 3 is 2.86 bits per heavy atom. The number of unbranched alkanes of at least 4 members (excludes halogenated alkanes) is 1. The van der Waals surface area contributed by atoms with Crippen molar-refractivity contribution in [2.45, 2.75) is 25.7 Å². The van der Waals surface area contributed by atoms with Gasteiger partial charge in [0.05, 0.1) is 12.5 Å². The van der Waals surface area contributed by atoms with E-state index >= 15 is 0 Å². The molecule has 4 heteroatoms. The molecule has 2 N–H and O–H groups in total. The first-order valence-corrected chi connectivity index (χ1v) is 7.96. The van der Waals surface area contributed by atoms with E-state index in [0.717, 1.165) is 58.5 Å². The van der Waals surface area contributed by atoms with Crippen molar-refractivity contribution in [2.24, 2.45) is 5.92 Å². The fraction of sp³-hybridized carbons (Fsp3) is 0.588. The van der Waals surface area contributed by atoms with Crippen LogP contribution in [0.2, 0.25) is 0 Å². The highest BCUT2D eigenvalue weighted by molar-refractivity contribution is 5.79. The monoisotopic (exact) mass is 290 g/mol. The van der Waals surface area contributed by atoms with Crippen LogP contribution in [0.1, 0.15) is 24.8 Å². The van der Waals surface area contributed by atoms with Crippen LogP contribution in [0.5, 0.6) is 0 Å². The molecule has 21 heavy (non-hydrogen) atoms. The van der Waals surface area contributed by atoms with Crippen molar-refractivity contribution in [3.63, 3.8) is 0 Å².